The van der Waals surface area contributed by atoms with Crippen LogP contribution in [0.2, 0.25) is 0 Å². The van der Waals surface area contributed by atoms with Crippen molar-refractivity contribution in [3.8, 4) is 5.75 Å². The zero-order valence-corrected chi connectivity index (χ0v) is 17.9. The van der Waals surface area contributed by atoms with Gasteiger partial charge in [-0.3, -0.25) is 9.59 Å². The maximum atomic E-state index is 13.1. The van der Waals surface area contributed by atoms with Crippen molar-refractivity contribution in [2.45, 2.75) is 13.8 Å². The molecule has 28 heavy (non-hydrogen) atoms. The molecule has 0 amide bonds. The summed E-state index contributed by atoms with van der Waals surface area (Å²) in [6.07, 6.45) is 3.20. The molecule has 0 aromatic heterocycles. The number of hydrogen-bond acceptors (Lipinski definition) is 5. The fourth-order valence-electron chi connectivity index (χ4n) is 2.46. The monoisotopic (exact) mass is 412 g/mol. The number of ketones is 2. The third-order valence-electron chi connectivity index (χ3n) is 3.81. The zero-order valence-electron chi connectivity index (χ0n) is 16.3. The standard InChI is InChI=1S/C23H24O3S2/c1-4-27-23(28-5-2)21(22(25)18-9-7-6-8-10-18)20(24)16-13-17-11-14-19(26-3)15-12-17/h6-16H,4-5H2,1-3H3/b16-13+. The lowest BCUT2D eigenvalue weighted by Gasteiger charge is -2.11. The number of hydrogen-bond donors (Lipinski definition) is 0. The third kappa shape index (κ3) is 6.14. The van der Waals surface area contributed by atoms with E-state index in [2.05, 4.69) is 0 Å². The van der Waals surface area contributed by atoms with Crippen LogP contribution in [0.3, 0.4) is 0 Å². The Morgan fingerprint density at radius 2 is 1.54 bits per heavy atom. The molecular weight excluding hydrogens is 388 g/mol. The molecule has 0 radical (unpaired) electrons. The lowest BCUT2D eigenvalue weighted by atomic mass is 10.0. The smallest absolute Gasteiger partial charge is 0.198 e. The second-order valence-corrected chi connectivity index (χ2v) is 8.50. The number of thioether (sulfide) groups is 2. The minimum absolute atomic E-state index is 0.234. The molecule has 0 N–H and O–H groups in total. The van der Waals surface area contributed by atoms with Crippen LogP contribution in [0.5, 0.6) is 5.75 Å². The van der Waals surface area contributed by atoms with Gasteiger partial charge in [-0.2, -0.15) is 0 Å². The Hall–Kier alpha value is -2.24. The van der Waals surface area contributed by atoms with Gasteiger partial charge in [-0.05, 0) is 35.3 Å². The quantitative estimate of drug-likeness (QED) is 0.211. The van der Waals surface area contributed by atoms with Crippen molar-refractivity contribution < 1.29 is 14.3 Å². The number of Topliss-reactive ketones (excluding diaryl/α,β-unsaturated/α-hetero) is 1. The normalized spacial score (nSPS) is 10.7. The van der Waals surface area contributed by atoms with E-state index in [4.69, 9.17) is 4.74 Å². The van der Waals surface area contributed by atoms with Crippen molar-refractivity contribution in [2.75, 3.05) is 18.6 Å². The first-order chi connectivity index (χ1) is 13.6. The fraction of sp³-hybridized carbons (Fsp3) is 0.217. The van der Waals surface area contributed by atoms with E-state index >= 15 is 0 Å². The average molecular weight is 413 g/mol. The summed E-state index contributed by atoms with van der Waals surface area (Å²) in [5.74, 6) is 1.83. The molecule has 0 atom stereocenters. The minimum atomic E-state index is -0.276. The van der Waals surface area contributed by atoms with Crippen LogP contribution in [-0.2, 0) is 4.79 Å². The number of allylic oxidation sites excluding steroid dienone is 2. The van der Waals surface area contributed by atoms with E-state index < -0.39 is 0 Å². The Labute approximate surface area is 175 Å². The van der Waals surface area contributed by atoms with Gasteiger partial charge < -0.3 is 4.74 Å². The second-order valence-electron chi connectivity index (χ2n) is 5.69. The average Bonchev–Trinajstić information content (AvgIpc) is 2.73. The van der Waals surface area contributed by atoms with Crippen molar-refractivity contribution >= 4 is 41.2 Å². The van der Waals surface area contributed by atoms with E-state index in [0.717, 1.165) is 27.1 Å². The highest BCUT2D eigenvalue weighted by molar-refractivity contribution is 8.22. The van der Waals surface area contributed by atoms with Crippen LogP contribution >= 0.6 is 23.5 Å². The minimum Gasteiger partial charge on any atom is -0.497 e. The largest absolute Gasteiger partial charge is 0.497 e. The van der Waals surface area contributed by atoms with E-state index in [1.807, 2.05) is 56.3 Å². The topological polar surface area (TPSA) is 43.4 Å². The molecule has 0 saturated carbocycles. The lowest BCUT2D eigenvalue weighted by molar-refractivity contribution is -0.111. The molecule has 0 unspecified atom stereocenters. The summed E-state index contributed by atoms with van der Waals surface area (Å²) in [5, 5.41) is 0. The SMILES string of the molecule is CCSC(SCC)=C(C(=O)/C=C/c1ccc(OC)cc1)C(=O)c1ccccc1. The van der Waals surface area contributed by atoms with Gasteiger partial charge in [0.05, 0.1) is 16.9 Å². The van der Waals surface area contributed by atoms with Crippen LogP contribution < -0.4 is 4.74 Å². The third-order valence-corrected chi connectivity index (χ3v) is 6.02. The molecule has 0 aliphatic carbocycles. The molecule has 5 heteroatoms. The molecule has 3 nitrogen and oxygen atoms in total. The van der Waals surface area contributed by atoms with Gasteiger partial charge in [0.1, 0.15) is 5.75 Å². The van der Waals surface area contributed by atoms with Crippen molar-refractivity contribution in [1.29, 1.82) is 0 Å². The van der Waals surface area contributed by atoms with Gasteiger partial charge in [-0.25, -0.2) is 0 Å². The van der Waals surface area contributed by atoms with Gasteiger partial charge in [-0.1, -0.05) is 62.4 Å². The number of carbonyl (C=O) groups is 2. The van der Waals surface area contributed by atoms with Crippen LogP contribution in [0.4, 0.5) is 0 Å². The van der Waals surface area contributed by atoms with E-state index in [9.17, 15) is 9.59 Å². The lowest BCUT2D eigenvalue weighted by Crippen LogP contribution is -2.13. The summed E-state index contributed by atoms with van der Waals surface area (Å²) in [7, 11) is 1.61. The first-order valence-electron chi connectivity index (χ1n) is 9.06. The van der Waals surface area contributed by atoms with Crippen LogP contribution in [-0.4, -0.2) is 30.2 Å². The van der Waals surface area contributed by atoms with Gasteiger partial charge >= 0.3 is 0 Å². The van der Waals surface area contributed by atoms with E-state index in [1.165, 1.54) is 29.6 Å². The number of benzene rings is 2. The van der Waals surface area contributed by atoms with Crippen molar-refractivity contribution in [2.24, 2.45) is 0 Å². The first kappa shape index (κ1) is 22.1. The van der Waals surface area contributed by atoms with Gasteiger partial charge in [0.25, 0.3) is 0 Å². The molecular formula is C23H24O3S2. The van der Waals surface area contributed by atoms with Crippen LogP contribution in [0.15, 0.2) is 70.5 Å². The molecule has 0 fully saturated rings. The van der Waals surface area contributed by atoms with Crippen molar-refractivity contribution in [3.63, 3.8) is 0 Å². The van der Waals surface area contributed by atoms with E-state index in [0.29, 0.717) is 5.56 Å². The Bertz CT molecular complexity index is 845. The van der Waals surface area contributed by atoms with Gasteiger partial charge in [-0.15, -0.1) is 23.5 Å². The highest BCUT2D eigenvalue weighted by Gasteiger charge is 2.23. The summed E-state index contributed by atoms with van der Waals surface area (Å²) in [5.41, 5.74) is 1.64. The van der Waals surface area contributed by atoms with Crippen LogP contribution in [0, 0.1) is 0 Å². The predicted molar refractivity (Wildman–Crippen MR) is 121 cm³/mol. The van der Waals surface area contributed by atoms with Crippen LogP contribution in [0.1, 0.15) is 29.8 Å². The van der Waals surface area contributed by atoms with Gasteiger partial charge in [0.2, 0.25) is 0 Å². The summed E-state index contributed by atoms with van der Waals surface area (Å²) in [4.78, 5) is 26.1. The van der Waals surface area contributed by atoms with Crippen LogP contribution in [0.25, 0.3) is 6.08 Å². The van der Waals surface area contributed by atoms with Gasteiger partial charge in [0, 0.05) is 5.56 Å². The Morgan fingerprint density at radius 3 is 2.07 bits per heavy atom. The summed E-state index contributed by atoms with van der Waals surface area (Å²) in [6.45, 7) is 4.03. The summed E-state index contributed by atoms with van der Waals surface area (Å²) < 4.78 is 5.93. The molecule has 2 aromatic carbocycles. The molecule has 0 heterocycles. The number of rotatable bonds is 10. The fourth-order valence-corrected chi connectivity index (χ4v) is 4.70. The molecule has 0 spiro atoms. The van der Waals surface area contributed by atoms with Crippen molar-refractivity contribution in [3.05, 3.63) is 81.6 Å². The Morgan fingerprint density at radius 1 is 0.929 bits per heavy atom. The molecule has 146 valence electrons. The maximum absolute atomic E-state index is 13.1. The maximum Gasteiger partial charge on any atom is 0.198 e. The highest BCUT2D eigenvalue weighted by atomic mass is 32.2. The van der Waals surface area contributed by atoms with E-state index in [-0.39, 0.29) is 17.1 Å². The Kier molecular flexibility index (Phi) is 9.11. The highest BCUT2D eigenvalue weighted by Crippen LogP contribution is 2.33. The van der Waals surface area contributed by atoms with E-state index in [1.54, 1.807) is 25.3 Å². The van der Waals surface area contributed by atoms with Crippen molar-refractivity contribution in [1.82, 2.24) is 0 Å². The second kappa shape index (κ2) is 11.6. The molecule has 0 aliphatic heterocycles. The Balaban J connectivity index is 2.39. The molecule has 2 rings (SSSR count). The molecule has 0 aliphatic rings. The number of methoxy groups -OCH3 is 1. The zero-order chi connectivity index (χ0) is 20.4. The molecule has 0 bridgehead atoms. The molecule has 0 saturated heterocycles. The number of ether oxygens (including phenoxy) is 1. The van der Waals surface area contributed by atoms with Gasteiger partial charge in [0.15, 0.2) is 11.6 Å². The summed E-state index contributed by atoms with van der Waals surface area (Å²) >= 11 is 3.08. The summed E-state index contributed by atoms with van der Waals surface area (Å²) in [6, 6.07) is 16.4. The first-order valence-corrected chi connectivity index (χ1v) is 11.0. The number of carbonyl (C=O) groups excluding carboxylic acids is 2. The predicted octanol–water partition coefficient (Wildman–Crippen LogP) is 5.88. The molecule has 2 aromatic rings.